The molecule has 2 aliphatic rings. The summed E-state index contributed by atoms with van der Waals surface area (Å²) in [6.45, 7) is 7.20. The predicted molar refractivity (Wildman–Crippen MR) is 61.7 cm³/mol. The maximum atomic E-state index is 12.0. The van der Waals surface area contributed by atoms with Crippen molar-refractivity contribution in [3.8, 4) is 0 Å². The lowest BCUT2D eigenvalue weighted by atomic mass is 10.0. The summed E-state index contributed by atoms with van der Waals surface area (Å²) in [5, 5.41) is 0. The van der Waals surface area contributed by atoms with Crippen molar-refractivity contribution in [2.45, 2.75) is 51.4 Å². The number of amides is 1. The summed E-state index contributed by atoms with van der Waals surface area (Å²) < 4.78 is 16.2. The highest BCUT2D eigenvalue weighted by Gasteiger charge is 2.36. The van der Waals surface area contributed by atoms with Gasteiger partial charge >= 0.3 is 6.09 Å². The maximum absolute atomic E-state index is 12.0. The molecular weight excluding hydrogens is 222 g/mol. The molecule has 0 saturated carbocycles. The maximum Gasteiger partial charge on any atom is 0.410 e. The van der Waals surface area contributed by atoms with Crippen molar-refractivity contribution in [3.63, 3.8) is 0 Å². The van der Waals surface area contributed by atoms with Crippen LogP contribution in [0.4, 0.5) is 4.79 Å². The van der Waals surface area contributed by atoms with Crippen LogP contribution in [0.5, 0.6) is 0 Å². The molecule has 0 aliphatic carbocycles. The van der Waals surface area contributed by atoms with Gasteiger partial charge in [-0.1, -0.05) is 0 Å². The smallest absolute Gasteiger partial charge is 0.410 e. The zero-order chi connectivity index (χ0) is 12.5. The first-order valence-electron chi connectivity index (χ1n) is 6.15. The quantitative estimate of drug-likeness (QED) is 0.650. The lowest BCUT2D eigenvalue weighted by Crippen LogP contribution is -2.50. The minimum atomic E-state index is -0.448. The molecule has 1 unspecified atom stereocenters. The molecule has 2 rings (SSSR count). The fourth-order valence-corrected chi connectivity index (χ4v) is 2.21. The molecule has 0 N–H and O–H groups in total. The second kappa shape index (κ2) is 4.82. The van der Waals surface area contributed by atoms with Gasteiger partial charge in [0.25, 0.3) is 0 Å². The van der Waals surface area contributed by atoms with Gasteiger partial charge in [-0.05, 0) is 33.6 Å². The molecule has 17 heavy (non-hydrogen) atoms. The molecule has 0 spiro atoms. The Labute approximate surface area is 102 Å². The third kappa shape index (κ3) is 3.33. The van der Waals surface area contributed by atoms with E-state index in [1.54, 1.807) is 4.90 Å². The van der Waals surface area contributed by atoms with E-state index in [0.717, 1.165) is 12.8 Å². The van der Waals surface area contributed by atoms with E-state index >= 15 is 0 Å². The topological polar surface area (TPSA) is 48.0 Å². The van der Waals surface area contributed by atoms with E-state index < -0.39 is 5.60 Å². The molecule has 2 atom stereocenters. The van der Waals surface area contributed by atoms with Crippen LogP contribution in [0.25, 0.3) is 0 Å². The first kappa shape index (κ1) is 12.6. The third-order valence-corrected chi connectivity index (χ3v) is 2.99. The molecule has 0 aromatic carbocycles. The Bertz CT molecular complexity index is 287. The lowest BCUT2D eigenvalue weighted by molar-refractivity contribution is -0.0676. The summed E-state index contributed by atoms with van der Waals surface area (Å²) in [4.78, 5) is 13.8. The Kier molecular flexibility index (Phi) is 3.58. The molecule has 0 aromatic heterocycles. The summed E-state index contributed by atoms with van der Waals surface area (Å²) in [5.41, 5.74) is -0.448. The Morgan fingerprint density at radius 3 is 2.88 bits per heavy atom. The first-order valence-corrected chi connectivity index (χ1v) is 6.15. The van der Waals surface area contributed by atoms with E-state index in [1.807, 2.05) is 20.8 Å². The van der Waals surface area contributed by atoms with Crippen molar-refractivity contribution in [3.05, 3.63) is 0 Å². The van der Waals surface area contributed by atoms with Crippen LogP contribution in [0, 0.1) is 0 Å². The summed E-state index contributed by atoms with van der Waals surface area (Å²) in [5.74, 6) is 0. The minimum absolute atomic E-state index is 0.0890. The van der Waals surface area contributed by atoms with Crippen LogP contribution in [-0.4, -0.2) is 48.7 Å². The van der Waals surface area contributed by atoms with Gasteiger partial charge in [-0.3, -0.25) is 0 Å². The summed E-state index contributed by atoms with van der Waals surface area (Å²) >= 11 is 0. The lowest BCUT2D eigenvalue weighted by Gasteiger charge is -2.37. The minimum Gasteiger partial charge on any atom is -0.444 e. The number of fused-ring (bicyclic) bond motifs is 2. The van der Waals surface area contributed by atoms with E-state index in [2.05, 4.69) is 0 Å². The van der Waals surface area contributed by atoms with Crippen molar-refractivity contribution in [1.29, 1.82) is 0 Å². The van der Waals surface area contributed by atoms with E-state index in [-0.39, 0.29) is 18.2 Å². The Balaban J connectivity index is 1.98. The van der Waals surface area contributed by atoms with Gasteiger partial charge in [0.05, 0.1) is 18.8 Å². The highest BCUT2D eigenvalue weighted by Crippen LogP contribution is 2.24. The van der Waals surface area contributed by atoms with Crippen molar-refractivity contribution < 1.29 is 19.0 Å². The number of rotatable bonds is 0. The molecule has 5 heteroatoms. The van der Waals surface area contributed by atoms with Crippen LogP contribution in [0.15, 0.2) is 0 Å². The van der Waals surface area contributed by atoms with E-state index in [1.165, 1.54) is 0 Å². The van der Waals surface area contributed by atoms with Crippen LogP contribution in [-0.2, 0) is 14.2 Å². The SMILES string of the molecule is CC(C)(C)OC(=O)N1CCC2C[C@@H]1COCO2. The molecule has 0 radical (unpaired) electrons. The molecule has 2 bridgehead atoms. The van der Waals surface area contributed by atoms with Gasteiger partial charge in [-0.2, -0.15) is 0 Å². The zero-order valence-corrected chi connectivity index (χ0v) is 10.8. The average molecular weight is 243 g/mol. The standard InChI is InChI=1S/C12H21NO4/c1-12(2,3)17-11(14)13-5-4-10-6-9(13)7-15-8-16-10/h9-10H,4-8H2,1-3H3/t9-,10?/m1/s1. The summed E-state index contributed by atoms with van der Waals surface area (Å²) in [7, 11) is 0. The largest absolute Gasteiger partial charge is 0.444 e. The predicted octanol–water partition coefficient (Wildman–Crippen LogP) is 1.76. The Morgan fingerprint density at radius 1 is 1.41 bits per heavy atom. The van der Waals surface area contributed by atoms with Crippen molar-refractivity contribution in [1.82, 2.24) is 4.90 Å². The van der Waals surface area contributed by atoms with Gasteiger partial charge in [0.15, 0.2) is 0 Å². The number of hydrogen-bond donors (Lipinski definition) is 0. The van der Waals surface area contributed by atoms with Gasteiger partial charge in [0.1, 0.15) is 12.4 Å². The third-order valence-electron chi connectivity index (χ3n) is 2.99. The number of piperidine rings is 1. The monoisotopic (exact) mass is 243 g/mol. The number of nitrogens with zero attached hydrogens (tertiary/aromatic N) is 1. The van der Waals surface area contributed by atoms with E-state index in [0.29, 0.717) is 19.9 Å². The molecule has 98 valence electrons. The van der Waals surface area contributed by atoms with Gasteiger partial charge in [-0.15, -0.1) is 0 Å². The molecule has 2 fully saturated rings. The van der Waals surface area contributed by atoms with E-state index in [4.69, 9.17) is 14.2 Å². The van der Waals surface area contributed by atoms with Crippen LogP contribution in [0.1, 0.15) is 33.6 Å². The molecular formula is C12H21NO4. The van der Waals surface area contributed by atoms with E-state index in [9.17, 15) is 4.79 Å². The fourth-order valence-electron chi connectivity index (χ4n) is 2.21. The molecule has 5 nitrogen and oxygen atoms in total. The first-order chi connectivity index (χ1) is 7.96. The second-order valence-corrected chi connectivity index (χ2v) is 5.63. The average Bonchev–Trinajstić information content (AvgIpc) is 2.38. The van der Waals surface area contributed by atoms with Crippen LogP contribution in [0.3, 0.4) is 0 Å². The van der Waals surface area contributed by atoms with Crippen LogP contribution < -0.4 is 0 Å². The number of carbonyl (C=O) groups excluding carboxylic acids is 1. The number of hydrogen-bond acceptors (Lipinski definition) is 4. The van der Waals surface area contributed by atoms with Gasteiger partial charge in [0, 0.05) is 6.54 Å². The number of likely N-dealkylation sites (tertiary alicyclic amines) is 1. The second-order valence-electron chi connectivity index (χ2n) is 5.63. The van der Waals surface area contributed by atoms with Crippen molar-refractivity contribution in [2.75, 3.05) is 19.9 Å². The van der Waals surface area contributed by atoms with Gasteiger partial charge in [-0.25, -0.2) is 4.79 Å². The normalized spacial score (nSPS) is 29.7. The van der Waals surface area contributed by atoms with Gasteiger partial charge in [0.2, 0.25) is 0 Å². The molecule has 2 aliphatic heterocycles. The Hall–Kier alpha value is -0.810. The summed E-state index contributed by atoms with van der Waals surface area (Å²) in [6, 6.07) is 0.0890. The molecule has 1 amide bonds. The highest BCUT2D eigenvalue weighted by atomic mass is 16.7. The summed E-state index contributed by atoms with van der Waals surface area (Å²) in [6.07, 6.45) is 1.69. The number of ether oxygens (including phenoxy) is 3. The van der Waals surface area contributed by atoms with Crippen LogP contribution in [0.2, 0.25) is 0 Å². The van der Waals surface area contributed by atoms with Gasteiger partial charge < -0.3 is 19.1 Å². The van der Waals surface area contributed by atoms with Crippen LogP contribution >= 0.6 is 0 Å². The van der Waals surface area contributed by atoms with Crippen molar-refractivity contribution in [2.24, 2.45) is 0 Å². The number of carbonyl (C=O) groups is 1. The fraction of sp³-hybridized carbons (Fsp3) is 0.917. The zero-order valence-electron chi connectivity index (χ0n) is 10.8. The Morgan fingerprint density at radius 2 is 2.18 bits per heavy atom. The molecule has 2 heterocycles. The molecule has 2 saturated heterocycles. The van der Waals surface area contributed by atoms with Crippen molar-refractivity contribution >= 4 is 6.09 Å². The molecule has 0 aromatic rings. The highest BCUT2D eigenvalue weighted by molar-refractivity contribution is 5.68.